The van der Waals surface area contributed by atoms with Crippen molar-refractivity contribution in [2.45, 2.75) is 31.6 Å². The Balaban J connectivity index is 0.000000902. The van der Waals surface area contributed by atoms with Crippen molar-refractivity contribution in [1.82, 2.24) is 10.3 Å². The van der Waals surface area contributed by atoms with Crippen LogP contribution in [0.15, 0.2) is 18.2 Å². The highest BCUT2D eigenvalue weighted by molar-refractivity contribution is 5.85. The number of nitrogens with one attached hydrogen (secondary N) is 1. The second-order valence-electron chi connectivity index (χ2n) is 5.14. The van der Waals surface area contributed by atoms with Crippen LogP contribution in [0.25, 0.3) is 0 Å². The van der Waals surface area contributed by atoms with Crippen molar-refractivity contribution in [2.24, 2.45) is 0 Å². The molecular formula is C14H23Cl2N3. The van der Waals surface area contributed by atoms with Crippen LogP contribution in [-0.2, 0) is 0 Å². The number of hydrogen-bond acceptors (Lipinski definition) is 3. The molecular weight excluding hydrogens is 281 g/mol. The molecule has 2 fully saturated rings. The van der Waals surface area contributed by atoms with Crippen molar-refractivity contribution < 1.29 is 0 Å². The maximum Gasteiger partial charge on any atom is 0.128 e. The van der Waals surface area contributed by atoms with E-state index in [4.69, 9.17) is 4.98 Å². The standard InChI is InChI=1S/C14H21N3.2ClH/c1-2-11-17(10-1)14-5-3-4-13(16-14)12-6-8-15-9-7-12;;/h3-5,12,15H,1-2,6-11H2;2*1H. The SMILES string of the molecule is Cl.Cl.c1cc(C2CCNCC2)nc(N2CCCC2)c1. The summed E-state index contributed by atoms with van der Waals surface area (Å²) in [6.07, 6.45) is 5.10. The average molecular weight is 304 g/mol. The molecule has 1 aromatic heterocycles. The smallest absolute Gasteiger partial charge is 0.128 e. The fourth-order valence-corrected chi connectivity index (χ4v) is 2.91. The molecule has 0 unspecified atom stereocenters. The molecule has 0 radical (unpaired) electrons. The van der Waals surface area contributed by atoms with Gasteiger partial charge in [-0.1, -0.05) is 6.07 Å². The number of anilines is 1. The molecule has 3 heterocycles. The lowest BCUT2D eigenvalue weighted by Crippen LogP contribution is -2.27. The minimum atomic E-state index is 0. The Kier molecular flexibility index (Phi) is 6.90. The van der Waals surface area contributed by atoms with E-state index in [1.807, 2.05) is 0 Å². The number of aromatic nitrogens is 1. The molecule has 108 valence electrons. The minimum Gasteiger partial charge on any atom is -0.357 e. The predicted octanol–water partition coefficient (Wildman–Crippen LogP) is 2.99. The van der Waals surface area contributed by atoms with E-state index in [0.717, 1.165) is 13.1 Å². The molecule has 0 bridgehead atoms. The van der Waals surface area contributed by atoms with Crippen LogP contribution in [0.4, 0.5) is 5.82 Å². The Morgan fingerprint density at radius 1 is 1.05 bits per heavy atom. The van der Waals surface area contributed by atoms with E-state index in [1.165, 1.54) is 50.3 Å². The third kappa shape index (κ3) is 3.98. The highest BCUT2D eigenvalue weighted by Crippen LogP contribution is 2.26. The zero-order valence-corrected chi connectivity index (χ0v) is 12.8. The number of pyridine rings is 1. The van der Waals surface area contributed by atoms with Gasteiger partial charge in [0.2, 0.25) is 0 Å². The summed E-state index contributed by atoms with van der Waals surface area (Å²) < 4.78 is 0. The van der Waals surface area contributed by atoms with Gasteiger partial charge in [-0.15, -0.1) is 24.8 Å². The van der Waals surface area contributed by atoms with Gasteiger partial charge in [-0.2, -0.15) is 0 Å². The maximum absolute atomic E-state index is 4.88. The molecule has 0 spiro atoms. The maximum atomic E-state index is 4.88. The van der Waals surface area contributed by atoms with Gasteiger partial charge in [0.05, 0.1) is 0 Å². The van der Waals surface area contributed by atoms with Gasteiger partial charge >= 0.3 is 0 Å². The van der Waals surface area contributed by atoms with E-state index in [0.29, 0.717) is 5.92 Å². The van der Waals surface area contributed by atoms with Gasteiger partial charge in [-0.25, -0.2) is 4.98 Å². The monoisotopic (exact) mass is 303 g/mol. The third-order valence-corrected chi connectivity index (χ3v) is 3.94. The number of hydrogen-bond donors (Lipinski definition) is 1. The van der Waals surface area contributed by atoms with Crippen molar-refractivity contribution in [3.05, 3.63) is 23.9 Å². The highest BCUT2D eigenvalue weighted by Gasteiger charge is 2.18. The molecule has 19 heavy (non-hydrogen) atoms. The molecule has 5 heteroatoms. The van der Waals surface area contributed by atoms with Gasteiger partial charge in [0, 0.05) is 24.7 Å². The molecule has 0 amide bonds. The average Bonchev–Trinajstić information content (AvgIpc) is 2.94. The van der Waals surface area contributed by atoms with E-state index in [-0.39, 0.29) is 24.8 Å². The number of nitrogens with zero attached hydrogens (tertiary/aromatic N) is 2. The highest BCUT2D eigenvalue weighted by atomic mass is 35.5. The number of rotatable bonds is 2. The van der Waals surface area contributed by atoms with Crippen LogP contribution >= 0.6 is 24.8 Å². The number of halogens is 2. The van der Waals surface area contributed by atoms with Crippen LogP contribution in [0, 0.1) is 0 Å². The van der Waals surface area contributed by atoms with Crippen molar-refractivity contribution >= 4 is 30.6 Å². The molecule has 3 rings (SSSR count). The van der Waals surface area contributed by atoms with Gasteiger partial charge in [0.1, 0.15) is 5.82 Å². The summed E-state index contributed by atoms with van der Waals surface area (Å²) in [6, 6.07) is 6.55. The van der Waals surface area contributed by atoms with Gasteiger partial charge in [0.25, 0.3) is 0 Å². The van der Waals surface area contributed by atoms with Gasteiger partial charge in [-0.05, 0) is 50.9 Å². The molecule has 2 aliphatic rings. The molecule has 2 saturated heterocycles. The second-order valence-corrected chi connectivity index (χ2v) is 5.14. The fraction of sp³-hybridized carbons (Fsp3) is 0.643. The summed E-state index contributed by atoms with van der Waals surface area (Å²) in [7, 11) is 0. The topological polar surface area (TPSA) is 28.2 Å². The first-order valence-electron chi connectivity index (χ1n) is 6.86. The van der Waals surface area contributed by atoms with E-state index in [2.05, 4.69) is 28.4 Å². The Hall–Kier alpha value is -0.510. The summed E-state index contributed by atoms with van der Waals surface area (Å²) in [6.45, 7) is 4.64. The zero-order valence-electron chi connectivity index (χ0n) is 11.2. The first-order chi connectivity index (χ1) is 8.43. The van der Waals surface area contributed by atoms with Crippen molar-refractivity contribution in [3.8, 4) is 0 Å². The molecule has 0 atom stereocenters. The van der Waals surface area contributed by atoms with E-state index in [9.17, 15) is 0 Å². The molecule has 0 saturated carbocycles. The van der Waals surface area contributed by atoms with Crippen LogP contribution in [0.1, 0.15) is 37.3 Å². The van der Waals surface area contributed by atoms with Crippen LogP contribution in [-0.4, -0.2) is 31.2 Å². The van der Waals surface area contributed by atoms with Gasteiger partial charge in [-0.3, -0.25) is 0 Å². The molecule has 2 aliphatic heterocycles. The van der Waals surface area contributed by atoms with Crippen molar-refractivity contribution in [3.63, 3.8) is 0 Å². The first kappa shape index (κ1) is 16.5. The Morgan fingerprint density at radius 3 is 2.42 bits per heavy atom. The lowest BCUT2D eigenvalue weighted by atomic mass is 9.94. The fourth-order valence-electron chi connectivity index (χ4n) is 2.91. The van der Waals surface area contributed by atoms with Crippen LogP contribution in [0.3, 0.4) is 0 Å². The van der Waals surface area contributed by atoms with E-state index in [1.54, 1.807) is 0 Å². The summed E-state index contributed by atoms with van der Waals surface area (Å²) in [5.74, 6) is 1.86. The Bertz CT molecular complexity index is 375. The molecule has 0 aliphatic carbocycles. The van der Waals surface area contributed by atoms with Gasteiger partial charge < -0.3 is 10.2 Å². The first-order valence-corrected chi connectivity index (χ1v) is 6.86. The lowest BCUT2D eigenvalue weighted by molar-refractivity contribution is 0.453. The third-order valence-electron chi connectivity index (χ3n) is 3.94. The summed E-state index contributed by atoms with van der Waals surface area (Å²) >= 11 is 0. The molecule has 1 aromatic rings. The summed E-state index contributed by atoms with van der Waals surface area (Å²) in [5.41, 5.74) is 1.30. The second kappa shape index (κ2) is 7.93. The van der Waals surface area contributed by atoms with Crippen molar-refractivity contribution in [2.75, 3.05) is 31.1 Å². The Morgan fingerprint density at radius 2 is 1.74 bits per heavy atom. The van der Waals surface area contributed by atoms with Gasteiger partial charge in [0.15, 0.2) is 0 Å². The van der Waals surface area contributed by atoms with Crippen LogP contribution in [0.2, 0.25) is 0 Å². The molecule has 0 aromatic carbocycles. The van der Waals surface area contributed by atoms with E-state index < -0.39 is 0 Å². The summed E-state index contributed by atoms with van der Waals surface area (Å²) in [4.78, 5) is 7.30. The molecule has 1 N–H and O–H groups in total. The van der Waals surface area contributed by atoms with Crippen LogP contribution in [0.5, 0.6) is 0 Å². The Labute approximate surface area is 128 Å². The van der Waals surface area contributed by atoms with E-state index >= 15 is 0 Å². The zero-order chi connectivity index (χ0) is 11.5. The van der Waals surface area contributed by atoms with Crippen LogP contribution < -0.4 is 10.2 Å². The predicted molar refractivity (Wildman–Crippen MR) is 85.0 cm³/mol. The normalized spacial score (nSPS) is 19.7. The lowest BCUT2D eigenvalue weighted by Gasteiger charge is -2.24. The minimum absolute atomic E-state index is 0. The van der Waals surface area contributed by atoms with Crippen molar-refractivity contribution in [1.29, 1.82) is 0 Å². The molecule has 3 nitrogen and oxygen atoms in total. The largest absolute Gasteiger partial charge is 0.357 e. The summed E-state index contributed by atoms with van der Waals surface area (Å²) in [5, 5.41) is 3.42. The quantitative estimate of drug-likeness (QED) is 0.910. The number of piperidine rings is 1.